The van der Waals surface area contributed by atoms with E-state index in [9.17, 15) is 19.8 Å². The Hall–Kier alpha value is -1.58. The van der Waals surface area contributed by atoms with Crippen LogP contribution in [0.5, 0.6) is 0 Å². The molecule has 28 heavy (non-hydrogen) atoms. The van der Waals surface area contributed by atoms with Crippen LogP contribution in [0.15, 0.2) is 23.3 Å². The van der Waals surface area contributed by atoms with E-state index in [1.807, 2.05) is 0 Å². The number of rotatable bonds is 10. The molecule has 3 atom stereocenters. The monoisotopic (exact) mass is 390 g/mol. The lowest BCUT2D eigenvalue weighted by Crippen LogP contribution is -2.33. The predicted octanol–water partition coefficient (Wildman–Crippen LogP) is 6.08. The Morgan fingerprint density at radius 1 is 1.07 bits per heavy atom. The fourth-order valence-corrected chi connectivity index (χ4v) is 5.58. The van der Waals surface area contributed by atoms with Gasteiger partial charge in [0.15, 0.2) is 0 Å². The van der Waals surface area contributed by atoms with E-state index in [1.54, 1.807) is 6.08 Å². The first kappa shape index (κ1) is 22.7. The maximum absolute atomic E-state index is 11.8. The van der Waals surface area contributed by atoms with E-state index in [2.05, 4.69) is 34.6 Å². The molecular formula is C24H38O4. The van der Waals surface area contributed by atoms with Crippen LogP contribution in [-0.2, 0) is 9.59 Å². The van der Waals surface area contributed by atoms with Crippen LogP contribution in [0.3, 0.4) is 0 Å². The van der Waals surface area contributed by atoms with Crippen molar-refractivity contribution in [1.82, 2.24) is 0 Å². The van der Waals surface area contributed by atoms with Crippen LogP contribution < -0.4 is 0 Å². The molecule has 0 amide bonds. The molecule has 0 aromatic heterocycles. The van der Waals surface area contributed by atoms with Crippen molar-refractivity contribution in [3.63, 3.8) is 0 Å². The van der Waals surface area contributed by atoms with Gasteiger partial charge >= 0.3 is 11.9 Å². The molecule has 2 N–H and O–H groups in total. The number of allylic oxidation sites excluding steroid dienone is 2. The zero-order chi connectivity index (χ0) is 21.1. The highest BCUT2D eigenvalue weighted by atomic mass is 16.4. The van der Waals surface area contributed by atoms with Gasteiger partial charge in [-0.1, -0.05) is 53.9 Å². The minimum absolute atomic E-state index is 0.0241. The molecule has 158 valence electrons. The van der Waals surface area contributed by atoms with Crippen molar-refractivity contribution in [2.75, 3.05) is 0 Å². The zero-order valence-electron chi connectivity index (χ0n) is 18.3. The summed E-state index contributed by atoms with van der Waals surface area (Å²) in [6.45, 7) is 11.2. The van der Waals surface area contributed by atoms with Crippen LogP contribution in [0.1, 0.15) is 86.0 Å². The van der Waals surface area contributed by atoms with Crippen LogP contribution in [0, 0.1) is 28.6 Å². The summed E-state index contributed by atoms with van der Waals surface area (Å²) >= 11 is 0. The minimum atomic E-state index is -0.989. The first-order valence-electron chi connectivity index (χ1n) is 10.9. The van der Waals surface area contributed by atoms with Crippen LogP contribution in [0.25, 0.3) is 0 Å². The van der Waals surface area contributed by atoms with Crippen molar-refractivity contribution in [2.45, 2.75) is 86.0 Å². The second kappa shape index (κ2) is 8.84. The van der Waals surface area contributed by atoms with Gasteiger partial charge in [0.25, 0.3) is 0 Å². The second-order valence-corrected chi connectivity index (χ2v) is 10.1. The summed E-state index contributed by atoms with van der Waals surface area (Å²) in [6, 6.07) is 0. The Bertz CT molecular complexity index is 656. The maximum atomic E-state index is 11.8. The average molecular weight is 391 g/mol. The Kier molecular flexibility index (Phi) is 7.17. The van der Waals surface area contributed by atoms with Gasteiger partial charge < -0.3 is 10.2 Å². The van der Waals surface area contributed by atoms with E-state index < -0.39 is 11.9 Å². The van der Waals surface area contributed by atoms with Gasteiger partial charge in [0.05, 0.1) is 0 Å². The van der Waals surface area contributed by atoms with Gasteiger partial charge in [0.2, 0.25) is 0 Å². The summed E-state index contributed by atoms with van der Waals surface area (Å²) < 4.78 is 0. The number of carboxylic acids is 2. The highest BCUT2D eigenvalue weighted by molar-refractivity contribution is 5.88. The van der Waals surface area contributed by atoms with Crippen molar-refractivity contribution in [2.24, 2.45) is 28.6 Å². The topological polar surface area (TPSA) is 74.6 Å². The highest BCUT2D eigenvalue weighted by Crippen LogP contribution is 2.69. The molecule has 0 spiro atoms. The number of carboxylic acid groups (broad SMARTS) is 2. The molecule has 0 aromatic carbocycles. The summed E-state index contributed by atoms with van der Waals surface area (Å²) in [4.78, 5) is 23.3. The molecule has 2 rings (SSSR count). The van der Waals surface area contributed by atoms with Crippen molar-refractivity contribution in [1.29, 1.82) is 0 Å². The molecule has 0 aromatic rings. The number of hydrogen-bond acceptors (Lipinski definition) is 2. The lowest BCUT2D eigenvalue weighted by atomic mass is 9.64. The van der Waals surface area contributed by atoms with Crippen LogP contribution in [0.4, 0.5) is 0 Å². The number of aliphatic carboxylic acids is 2. The molecule has 4 nitrogen and oxygen atoms in total. The summed E-state index contributed by atoms with van der Waals surface area (Å²) in [5.74, 6) is -0.545. The van der Waals surface area contributed by atoms with Crippen LogP contribution in [-0.4, -0.2) is 22.2 Å². The number of fused-ring (bicyclic) bond motifs is 2. The Balaban J connectivity index is 2.20. The fraction of sp³-hybridized carbons (Fsp3) is 0.750. The summed E-state index contributed by atoms with van der Waals surface area (Å²) in [7, 11) is 0. The summed E-state index contributed by atoms with van der Waals surface area (Å²) in [5, 5.41) is 19.1. The van der Waals surface area contributed by atoms with Crippen molar-refractivity contribution in [3.8, 4) is 0 Å². The molecule has 2 bridgehead atoms. The molecule has 2 fully saturated rings. The van der Waals surface area contributed by atoms with Crippen molar-refractivity contribution < 1.29 is 19.8 Å². The lowest BCUT2D eigenvalue weighted by Gasteiger charge is -2.40. The smallest absolute Gasteiger partial charge is 0.331 e. The SMILES string of the molecule is CC(C)CCCCCC(=CC(=CC(=O)O)C1CC2CCC1(C)C2(C)C)C(=O)O. The molecule has 0 heterocycles. The van der Waals surface area contributed by atoms with Gasteiger partial charge in [0, 0.05) is 11.6 Å². The second-order valence-electron chi connectivity index (χ2n) is 10.1. The van der Waals surface area contributed by atoms with E-state index >= 15 is 0 Å². The third-order valence-electron chi connectivity index (χ3n) is 7.83. The summed E-state index contributed by atoms with van der Waals surface area (Å²) in [6.07, 6.45) is 10.8. The van der Waals surface area contributed by atoms with Gasteiger partial charge in [-0.15, -0.1) is 0 Å². The third-order valence-corrected chi connectivity index (χ3v) is 7.83. The molecular weight excluding hydrogens is 352 g/mol. The Morgan fingerprint density at radius 3 is 2.21 bits per heavy atom. The molecule has 2 aliphatic carbocycles. The number of carbonyl (C=O) groups is 2. The first-order valence-corrected chi connectivity index (χ1v) is 10.9. The van der Waals surface area contributed by atoms with Gasteiger partial charge in [0.1, 0.15) is 0 Å². The normalized spacial score (nSPS) is 29.5. The van der Waals surface area contributed by atoms with Crippen molar-refractivity contribution in [3.05, 3.63) is 23.3 Å². The molecule has 0 radical (unpaired) electrons. The molecule has 3 unspecified atom stereocenters. The van der Waals surface area contributed by atoms with E-state index in [0.29, 0.717) is 29.4 Å². The summed E-state index contributed by atoms with van der Waals surface area (Å²) in [5.41, 5.74) is 1.23. The van der Waals surface area contributed by atoms with Crippen molar-refractivity contribution >= 4 is 11.9 Å². The third kappa shape index (κ3) is 4.69. The van der Waals surface area contributed by atoms with E-state index in [1.165, 1.54) is 12.5 Å². The largest absolute Gasteiger partial charge is 0.478 e. The van der Waals surface area contributed by atoms with E-state index in [4.69, 9.17) is 0 Å². The maximum Gasteiger partial charge on any atom is 0.331 e. The van der Waals surface area contributed by atoms with Crippen LogP contribution >= 0.6 is 0 Å². The van der Waals surface area contributed by atoms with E-state index in [-0.39, 0.29) is 16.7 Å². The van der Waals surface area contributed by atoms with Crippen LogP contribution in [0.2, 0.25) is 0 Å². The predicted molar refractivity (Wildman–Crippen MR) is 112 cm³/mol. The Labute approximate surface area is 170 Å². The fourth-order valence-electron chi connectivity index (χ4n) is 5.58. The molecule has 2 aliphatic rings. The quantitative estimate of drug-likeness (QED) is 0.269. The Morgan fingerprint density at radius 2 is 1.75 bits per heavy atom. The standard InChI is InChI=1S/C24H38O4/c1-16(2)9-7-6-8-10-17(22(27)28)13-18(14-21(25)26)20-15-19-11-12-24(20,5)23(19,3)4/h13-14,16,19-20H,6-12,15H2,1-5H3,(H,25,26)(H,27,28). The van der Waals surface area contributed by atoms with Gasteiger partial charge in [-0.05, 0) is 72.3 Å². The van der Waals surface area contributed by atoms with Gasteiger partial charge in [-0.3, -0.25) is 0 Å². The lowest BCUT2D eigenvalue weighted by molar-refractivity contribution is -0.133. The molecule has 0 saturated heterocycles. The number of unbranched alkanes of at least 4 members (excludes halogenated alkanes) is 2. The van der Waals surface area contributed by atoms with Gasteiger partial charge in [-0.25, -0.2) is 9.59 Å². The highest BCUT2D eigenvalue weighted by Gasteiger charge is 2.61. The molecule has 0 aliphatic heterocycles. The van der Waals surface area contributed by atoms with Gasteiger partial charge in [-0.2, -0.15) is 0 Å². The minimum Gasteiger partial charge on any atom is -0.478 e. The number of hydrogen-bond donors (Lipinski definition) is 2. The molecule has 4 heteroatoms. The average Bonchev–Trinajstić information content (AvgIpc) is 2.91. The first-order chi connectivity index (χ1) is 13.0. The zero-order valence-corrected chi connectivity index (χ0v) is 18.3. The van der Waals surface area contributed by atoms with E-state index in [0.717, 1.165) is 38.5 Å². The molecule has 2 saturated carbocycles.